The lowest BCUT2D eigenvalue weighted by molar-refractivity contribution is 0.0196. The quantitative estimate of drug-likeness (QED) is 0.512. The molecular formula is C18H22N4O3S. The standard InChI is InChI=1S/C18H22N4O3S/c1-18(25)5-2-11(3-6-18)22-12-4-7-21-17(24)14(12)15(19)10-8-13(16(20)23)26-9-10/h4,7-9,11,19,25H,2-3,5-6H2,1H3,(H2,20,23)(H2,21,22,24). The summed E-state index contributed by atoms with van der Waals surface area (Å²) < 4.78 is 0. The van der Waals surface area contributed by atoms with Gasteiger partial charge in [0.2, 0.25) is 0 Å². The lowest BCUT2D eigenvalue weighted by Crippen LogP contribution is -2.36. The van der Waals surface area contributed by atoms with E-state index in [0.29, 0.717) is 29.0 Å². The molecule has 1 aliphatic carbocycles. The Morgan fingerprint density at radius 3 is 2.77 bits per heavy atom. The maximum Gasteiger partial charge on any atom is 0.259 e. The number of aromatic amines is 1. The molecule has 0 unspecified atom stereocenters. The third kappa shape index (κ3) is 3.86. The fourth-order valence-corrected chi connectivity index (χ4v) is 3.94. The summed E-state index contributed by atoms with van der Waals surface area (Å²) in [5, 5.41) is 23.5. The first-order valence-electron chi connectivity index (χ1n) is 8.45. The van der Waals surface area contributed by atoms with Crippen LogP contribution < -0.4 is 16.6 Å². The molecule has 8 heteroatoms. The topological polar surface area (TPSA) is 132 Å². The van der Waals surface area contributed by atoms with E-state index in [9.17, 15) is 14.7 Å². The second kappa shape index (κ2) is 7.05. The first-order valence-corrected chi connectivity index (χ1v) is 9.33. The number of hydrogen-bond donors (Lipinski definition) is 5. The van der Waals surface area contributed by atoms with Gasteiger partial charge in [-0.25, -0.2) is 0 Å². The van der Waals surface area contributed by atoms with E-state index < -0.39 is 11.5 Å². The summed E-state index contributed by atoms with van der Waals surface area (Å²) in [4.78, 5) is 26.6. The van der Waals surface area contributed by atoms with Gasteiger partial charge in [0.05, 0.1) is 27.4 Å². The van der Waals surface area contributed by atoms with Crippen molar-refractivity contribution in [3.05, 3.63) is 50.1 Å². The molecule has 26 heavy (non-hydrogen) atoms. The van der Waals surface area contributed by atoms with Gasteiger partial charge in [0.25, 0.3) is 11.5 Å². The van der Waals surface area contributed by atoms with Gasteiger partial charge >= 0.3 is 0 Å². The molecule has 1 amide bonds. The molecule has 1 aliphatic rings. The number of carbonyl (C=O) groups excluding carboxylic acids is 1. The van der Waals surface area contributed by atoms with Crippen molar-refractivity contribution in [3.63, 3.8) is 0 Å². The fraction of sp³-hybridized carbons (Fsp3) is 0.389. The molecule has 0 saturated heterocycles. The SMILES string of the molecule is CC1(O)CCC(Nc2cc[nH]c(=O)c2C(=N)c2csc(C(N)=O)c2)CC1. The highest BCUT2D eigenvalue weighted by atomic mass is 32.1. The van der Waals surface area contributed by atoms with Crippen LogP contribution in [0, 0.1) is 5.41 Å². The molecule has 1 fully saturated rings. The number of aliphatic hydroxyl groups is 1. The normalized spacial score (nSPS) is 22.8. The molecule has 1 saturated carbocycles. The molecule has 7 nitrogen and oxygen atoms in total. The van der Waals surface area contributed by atoms with Gasteiger partial charge in [-0.3, -0.25) is 15.0 Å². The Kier molecular flexibility index (Phi) is 4.97. The Morgan fingerprint density at radius 2 is 2.15 bits per heavy atom. The summed E-state index contributed by atoms with van der Waals surface area (Å²) in [6, 6.07) is 3.40. The Hall–Kier alpha value is -2.45. The summed E-state index contributed by atoms with van der Waals surface area (Å²) in [6.07, 6.45) is 4.50. The number of thiophene rings is 1. The highest BCUT2D eigenvalue weighted by Gasteiger charge is 2.29. The first kappa shape index (κ1) is 18.3. The molecule has 2 aromatic heterocycles. The number of pyridine rings is 1. The van der Waals surface area contributed by atoms with Crippen LogP contribution in [0.3, 0.4) is 0 Å². The van der Waals surface area contributed by atoms with Gasteiger partial charge < -0.3 is 21.1 Å². The highest BCUT2D eigenvalue weighted by Crippen LogP contribution is 2.30. The number of amides is 1. The Bertz CT molecular complexity index is 890. The van der Waals surface area contributed by atoms with Crippen LogP contribution in [0.1, 0.15) is 53.4 Å². The smallest absolute Gasteiger partial charge is 0.259 e. The number of aromatic nitrogens is 1. The number of carbonyl (C=O) groups is 1. The average Bonchev–Trinajstić information content (AvgIpc) is 3.07. The van der Waals surface area contributed by atoms with Crippen LogP contribution in [0.5, 0.6) is 0 Å². The lowest BCUT2D eigenvalue weighted by atomic mass is 9.83. The van der Waals surface area contributed by atoms with Crippen molar-refractivity contribution >= 4 is 28.6 Å². The molecule has 6 N–H and O–H groups in total. The van der Waals surface area contributed by atoms with Crippen LogP contribution in [0.25, 0.3) is 0 Å². The van der Waals surface area contributed by atoms with Crippen molar-refractivity contribution in [2.24, 2.45) is 5.73 Å². The molecule has 2 heterocycles. The Morgan fingerprint density at radius 1 is 1.46 bits per heavy atom. The van der Waals surface area contributed by atoms with E-state index in [1.165, 1.54) is 6.07 Å². The van der Waals surface area contributed by atoms with Crippen molar-refractivity contribution < 1.29 is 9.90 Å². The molecule has 0 radical (unpaired) electrons. The van der Waals surface area contributed by atoms with E-state index in [2.05, 4.69) is 10.3 Å². The largest absolute Gasteiger partial charge is 0.390 e. The van der Waals surface area contributed by atoms with E-state index in [1.54, 1.807) is 17.6 Å². The van der Waals surface area contributed by atoms with Gasteiger partial charge in [-0.05, 0) is 44.7 Å². The van der Waals surface area contributed by atoms with Gasteiger partial charge in [-0.1, -0.05) is 0 Å². The van der Waals surface area contributed by atoms with Crippen molar-refractivity contribution in [1.82, 2.24) is 4.98 Å². The van der Waals surface area contributed by atoms with Gasteiger partial charge in [-0.2, -0.15) is 0 Å². The molecule has 3 rings (SSSR count). The monoisotopic (exact) mass is 374 g/mol. The summed E-state index contributed by atoms with van der Waals surface area (Å²) in [7, 11) is 0. The average molecular weight is 374 g/mol. The van der Waals surface area contributed by atoms with E-state index in [-0.39, 0.29) is 22.9 Å². The second-order valence-corrected chi connectivity index (χ2v) is 7.86. The number of hydrogen-bond acceptors (Lipinski definition) is 6. The minimum atomic E-state index is -0.635. The van der Waals surface area contributed by atoms with Crippen molar-refractivity contribution in [2.75, 3.05) is 5.32 Å². The minimum Gasteiger partial charge on any atom is -0.390 e. The van der Waals surface area contributed by atoms with Gasteiger partial charge in [0.15, 0.2) is 0 Å². The number of primary amides is 1. The van der Waals surface area contributed by atoms with Crippen molar-refractivity contribution in [3.8, 4) is 0 Å². The molecule has 0 atom stereocenters. The summed E-state index contributed by atoms with van der Waals surface area (Å²) in [5.41, 5.74) is 5.61. The second-order valence-electron chi connectivity index (χ2n) is 6.95. The maximum absolute atomic E-state index is 12.4. The van der Waals surface area contributed by atoms with Crippen LogP contribution in [-0.2, 0) is 0 Å². The van der Waals surface area contributed by atoms with Crippen LogP contribution in [0.2, 0.25) is 0 Å². The predicted octanol–water partition coefficient (Wildman–Crippen LogP) is 2.06. The van der Waals surface area contributed by atoms with Gasteiger partial charge in [0, 0.05) is 23.2 Å². The van der Waals surface area contributed by atoms with Crippen LogP contribution in [0.4, 0.5) is 5.69 Å². The molecule has 0 bridgehead atoms. The molecule has 0 aliphatic heterocycles. The third-order valence-corrected chi connectivity index (χ3v) is 5.71. The molecule has 2 aromatic rings. The molecule has 0 spiro atoms. The first-order chi connectivity index (χ1) is 12.3. The van der Waals surface area contributed by atoms with Gasteiger partial charge in [0.1, 0.15) is 0 Å². The molecule has 138 valence electrons. The summed E-state index contributed by atoms with van der Waals surface area (Å²) >= 11 is 1.15. The van der Waals surface area contributed by atoms with E-state index in [1.807, 2.05) is 6.92 Å². The Balaban J connectivity index is 1.86. The van der Waals surface area contributed by atoms with Crippen LogP contribution >= 0.6 is 11.3 Å². The third-order valence-electron chi connectivity index (χ3n) is 4.76. The van der Waals surface area contributed by atoms with Crippen LogP contribution in [0.15, 0.2) is 28.5 Å². The minimum absolute atomic E-state index is 0.0425. The van der Waals surface area contributed by atoms with E-state index in [0.717, 1.165) is 24.2 Å². The summed E-state index contributed by atoms with van der Waals surface area (Å²) in [6.45, 7) is 1.84. The van der Waals surface area contributed by atoms with Crippen LogP contribution in [-0.4, -0.2) is 33.4 Å². The van der Waals surface area contributed by atoms with Crippen molar-refractivity contribution in [1.29, 1.82) is 5.41 Å². The number of rotatable bonds is 5. The number of H-pyrrole nitrogens is 1. The lowest BCUT2D eigenvalue weighted by Gasteiger charge is -2.34. The van der Waals surface area contributed by atoms with Gasteiger partial charge in [-0.15, -0.1) is 11.3 Å². The van der Waals surface area contributed by atoms with E-state index >= 15 is 0 Å². The fourth-order valence-electron chi connectivity index (χ4n) is 3.19. The molecule has 0 aromatic carbocycles. The Labute approximate surface area is 154 Å². The zero-order valence-electron chi connectivity index (χ0n) is 14.5. The molecular weight excluding hydrogens is 352 g/mol. The summed E-state index contributed by atoms with van der Waals surface area (Å²) in [5.74, 6) is -0.552. The number of nitrogens with two attached hydrogens (primary N) is 1. The predicted molar refractivity (Wildman–Crippen MR) is 102 cm³/mol. The zero-order chi connectivity index (χ0) is 18.9. The van der Waals surface area contributed by atoms with Crippen molar-refractivity contribution in [2.45, 2.75) is 44.2 Å². The van der Waals surface area contributed by atoms with E-state index in [4.69, 9.17) is 11.1 Å². The number of anilines is 1. The number of nitrogens with one attached hydrogen (secondary N) is 3. The zero-order valence-corrected chi connectivity index (χ0v) is 15.3. The maximum atomic E-state index is 12.4. The highest BCUT2D eigenvalue weighted by molar-refractivity contribution is 7.12.